The summed E-state index contributed by atoms with van der Waals surface area (Å²) in [5, 5.41) is 16.9. The third-order valence-corrected chi connectivity index (χ3v) is 3.01. The van der Waals surface area contributed by atoms with Gasteiger partial charge >= 0.3 is 0 Å². The first-order chi connectivity index (χ1) is 9.90. The summed E-state index contributed by atoms with van der Waals surface area (Å²) >= 11 is 0. The van der Waals surface area contributed by atoms with Gasteiger partial charge in [-0.05, 0) is 19.9 Å². The molecule has 7 nitrogen and oxygen atoms in total. The van der Waals surface area contributed by atoms with E-state index in [2.05, 4.69) is 10.5 Å². The van der Waals surface area contributed by atoms with Gasteiger partial charge in [0.05, 0.1) is 16.2 Å². The fourth-order valence-corrected chi connectivity index (χ4v) is 1.82. The number of nitrogens with zero attached hydrogens (tertiary/aromatic N) is 2. The molecule has 0 fully saturated rings. The molecule has 0 saturated heterocycles. The Labute approximate surface area is 118 Å². The molecule has 0 unspecified atom stereocenters. The number of nitro benzene ring substituents is 1. The summed E-state index contributed by atoms with van der Waals surface area (Å²) in [5.74, 6) is -1.01. The van der Waals surface area contributed by atoms with E-state index < -0.39 is 16.6 Å². The number of nitrogens with one attached hydrogen (secondary N) is 1. The molecule has 1 aromatic carbocycles. The lowest BCUT2D eigenvalue weighted by atomic mass is 10.1. The van der Waals surface area contributed by atoms with Gasteiger partial charge in [-0.25, -0.2) is 4.39 Å². The summed E-state index contributed by atoms with van der Waals surface area (Å²) in [6, 6.07) is 2.79. The van der Waals surface area contributed by atoms with Crippen LogP contribution in [0.25, 0.3) is 0 Å². The Morgan fingerprint density at radius 2 is 2.19 bits per heavy atom. The number of carbonyl (C=O) groups is 1. The van der Waals surface area contributed by atoms with E-state index in [1.807, 2.05) is 0 Å². The van der Waals surface area contributed by atoms with E-state index in [4.69, 9.17) is 4.52 Å². The Kier molecular flexibility index (Phi) is 3.97. The highest BCUT2D eigenvalue weighted by molar-refractivity contribution is 5.95. The monoisotopic (exact) mass is 293 g/mol. The zero-order valence-electron chi connectivity index (χ0n) is 11.3. The van der Waals surface area contributed by atoms with Gasteiger partial charge in [-0.2, -0.15) is 0 Å². The van der Waals surface area contributed by atoms with Crippen molar-refractivity contribution in [1.29, 1.82) is 0 Å². The number of amides is 1. The second-order valence-electron chi connectivity index (χ2n) is 4.41. The molecule has 0 atom stereocenters. The Morgan fingerprint density at radius 1 is 1.48 bits per heavy atom. The van der Waals surface area contributed by atoms with Crippen LogP contribution in [0, 0.1) is 29.8 Å². The molecule has 1 amide bonds. The van der Waals surface area contributed by atoms with Gasteiger partial charge in [-0.3, -0.25) is 14.9 Å². The normalized spacial score (nSPS) is 10.4. The average molecular weight is 293 g/mol. The zero-order chi connectivity index (χ0) is 15.6. The van der Waals surface area contributed by atoms with E-state index in [-0.39, 0.29) is 17.8 Å². The van der Waals surface area contributed by atoms with Gasteiger partial charge in [0.25, 0.3) is 11.6 Å². The van der Waals surface area contributed by atoms with Crippen LogP contribution in [0.15, 0.2) is 22.7 Å². The number of aromatic nitrogens is 1. The number of non-ortho nitro benzene ring substituents is 1. The van der Waals surface area contributed by atoms with Crippen LogP contribution >= 0.6 is 0 Å². The van der Waals surface area contributed by atoms with Gasteiger partial charge in [-0.1, -0.05) is 5.16 Å². The van der Waals surface area contributed by atoms with Crippen LogP contribution in [0.4, 0.5) is 10.1 Å². The van der Waals surface area contributed by atoms with E-state index in [0.29, 0.717) is 17.0 Å². The SMILES string of the molecule is Cc1noc(C)c1CNC(=O)c1cc([N+](=O)[O-])ccc1F. The van der Waals surface area contributed by atoms with Crippen LogP contribution in [-0.2, 0) is 6.54 Å². The molecule has 0 spiro atoms. The lowest BCUT2D eigenvalue weighted by Gasteiger charge is -2.06. The van der Waals surface area contributed by atoms with Crippen molar-refractivity contribution in [3.8, 4) is 0 Å². The fraction of sp³-hybridized carbons (Fsp3) is 0.231. The maximum Gasteiger partial charge on any atom is 0.270 e. The van der Waals surface area contributed by atoms with Gasteiger partial charge in [0.1, 0.15) is 11.6 Å². The number of benzene rings is 1. The van der Waals surface area contributed by atoms with E-state index in [1.54, 1.807) is 13.8 Å². The molecule has 2 rings (SSSR count). The van der Waals surface area contributed by atoms with Gasteiger partial charge in [0, 0.05) is 24.2 Å². The molecule has 0 aliphatic rings. The molecule has 2 aromatic rings. The summed E-state index contributed by atoms with van der Waals surface area (Å²) in [7, 11) is 0. The minimum Gasteiger partial charge on any atom is -0.361 e. The molecule has 21 heavy (non-hydrogen) atoms. The predicted octanol–water partition coefficient (Wildman–Crippen LogP) is 2.27. The number of rotatable bonds is 4. The molecule has 0 saturated carbocycles. The predicted molar refractivity (Wildman–Crippen MR) is 70.2 cm³/mol. The lowest BCUT2D eigenvalue weighted by Crippen LogP contribution is -2.24. The second-order valence-corrected chi connectivity index (χ2v) is 4.41. The molecule has 1 aromatic heterocycles. The fourth-order valence-electron chi connectivity index (χ4n) is 1.82. The van der Waals surface area contributed by atoms with Crippen LogP contribution in [0.5, 0.6) is 0 Å². The third-order valence-electron chi connectivity index (χ3n) is 3.01. The number of nitro groups is 1. The maximum atomic E-state index is 13.6. The molecule has 0 bridgehead atoms. The zero-order valence-corrected chi connectivity index (χ0v) is 11.3. The van der Waals surface area contributed by atoms with E-state index in [9.17, 15) is 19.3 Å². The maximum absolute atomic E-state index is 13.6. The van der Waals surface area contributed by atoms with Crippen LogP contribution in [-0.4, -0.2) is 16.0 Å². The molecular formula is C13H12FN3O4. The Morgan fingerprint density at radius 3 is 2.76 bits per heavy atom. The van der Waals surface area contributed by atoms with E-state index >= 15 is 0 Å². The van der Waals surface area contributed by atoms with E-state index in [1.165, 1.54) is 0 Å². The Bertz CT molecular complexity index is 692. The van der Waals surface area contributed by atoms with Gasteiger partial charge < -0.3 is 9.84 Å². The largest absolute Gasteiger partial charge is 0.361 e. The van der Waals surface area contributed by atoms with Gasteiger partial charge in [-0.15, -0.1) is 0 Å². The Hall–Kier alpha value is -2.77. The molecule has 1 heterocycles. The molecule has 0 aliphatic carbocycles. The average Bonchev–Trinajstić information content (AvgIpc) is 2.75. The summed E-state index contributed by atoms with van der Waals surface area (Å²) < 4.78 is 18.5. The standard InChI is InChI=1S/C13H12FN3O4/c1-7-11(8(2)21-16-7)6-15-13(18)10-5-9(17(19)20)3-4-12(10)14/h3-5H,6H2,1-2H3,(H,15,18). The highest BCUT2D eigenvalue weighted by Crippen LogP contribution is 2.17. The van der Waals surface area contributed by atoms with Gasteiger partial charge in [0.15, 0.2) is 0 Å². The molecular weight excluding hydrogens is 281 g/mol. The molecule has 1 N–H and O–H groups in total. The van der Waals surface area contributed by atoms with Crippen molar-refractivity contribution in [1.82, 2.24) is 10.5 Å². The number of hydrogen-bond acceptors (Lipinski definition) is 5. The smallest absolute Gasteiger partial charge is 0.270 e. The minimum absolute atomic E-state index is 0.0993. The number of aryl methyl sites for hydroxylation is 2. The number of halogens is 1. The minimum atomic E-state index is -0.822. The highest BCUT2D eigenvalue weighted by atomic mass is 19.1. The first-order valence-electron chi connectivity index (χ1n) is 6.04. The topological polar surface area (TPSA) is 98.3 Å². The van der Waals surface area contributed by atoms with E-state index in [0.717, 1.165) is 18.2 Å². The molecule has 110 valence electrons. The quantitative estimate of drug-likeness (QED) is 0.688. The summed E-state index contributed by atoms with van der Waals surface area (Å²) in [6.45, 7) is 3.50. The van der Waals surface area contributed by atoms with Crippen LogP contribution < -0.4 is 5.32 Å². The van der Waals surface area contributed by atoms with Crippen molar-refractivity contribution in [3.05, 3.63) is 56.7 Å². The van der Waals surface area contributed by atoms with Crippen LogP contribution in [0.3, 0.4) is 0 Å². The highest BCUT2D eigenvalue weighted by Gasteiger charge is 2.18. The van der Waals surface area contributed by atoms with Crippen molar-refractivity contribution in [2.75, 3.05) is 0 Å². The number of hydrogen-bond donors (Lipinski definition) is 1. The molecule has 0 aliphatic heterocycles. The molecule has 8 heteroatoms. The van der Waals surface area contributed by atoms with Crippen molar-refractivity contribution in [3.63, 3.8) is 0 Å². The first kappa shape index (κ1) is 14.6. The lowest BCUT2D eigenvalue weighted by molar-refractivity contribution is -0.384. The summed E-state index contributed by atoms with van der Waals surface area (Å²) in [6.07, 6.45) is 0. The molecule has 0 radical (unpaired) electrons. The van der Waals surface area contributed by atoms with Crippen molar-refractivity contribution in [2.45, 2.75) is 20.4 Å². The Balaban J connectivity index is 2.17. The van der Waals surface area contributed by atoms with Crippen LogP contribution in [0.1, 0.15) is 27.4 Å². The van der Waals surface area contributed by atoms with Crippen LogP contribution in [0.2, 0.25) is 0 Å². The van der Waals surface area contributed by atoms with Crippen molar-refractivity contribution in [2.24, 2.45) is 0 Å². The first-order valence-corrected chi connectivity index (χ1v) is 6.04. The van der Waals surface area contributed by atoms with Crippen molar-refractivity contribution < 1.29 is 18.6 Å². The van der Waals surface area contributed by atoms with Gasteiger partial charge in [0.2, 0.25) is 0 Å². The number of carbonyl (C=O) groups excluding carboxylic acids is 1. The summed E-state index contributed by atoms with van der Waals surface area (Å²) in [5.41, 5.74) is 0.580. The summed E-state index contributed by atoms with van der Waals surface area (Å²) in [4.78, 5) is 21.9. The third kappa shape index (κ3) is 3.04. The second kappa shape index (κ2) is 5.70. The van der Waals surface area contributed by atoms with Crippen molar-refractivity contribution >= 4 is 11.6 Å².